The summed E-state index contributed by atoms with van der Waals surface area (Å²) >= 11 is 13.4. The normalized spacial score (nSPS) is 14.5. The van der Waals surface area contributed by atoms with E-state index in [1.807, 2.05) is 91.0 Å². The van der Waals surface area contributed by atoms with Crippen molar-refractivity contribution in [2.24, 2.45) is 4.99 Å². The second kappa shape index (κ2) is 13.2. The van der Waals surface area contributed by atoms with Crippen LogP contribution in [0.1, 0.15) is 29.7 Å². The van der Waals surface area contributed by atoms with E-state index in [2.05, 4.69) is 5.32 Å². The summed E-state index contributed by atoms with van der Waals surface area (Å²) < 4.78 is 13.5. The molecule has 0 radical (unpaired) electrons. The Balaban J connectivity index is 1.38. The second-order valence-electron chi connectivity index (χ2n) is 10.3. The Hall–Kier alpha value is -4.63. The maximum atomic E-state index is 14.1. The molecular weight excluding hydrogens is 629 g/mol. The molecule has 0 spiro atoms. The van der Waals surface area contributed by atoms with Gasteiger partial charge in [-0.15, -0.1) is 0 Å². The fourth-order valence-electron chi connectivity index (χ4n) is 5.10. The first-order chi connectivity index (χ1) is 21.8. The zero-order chi connectivity index (χ0) is 31.5. The van der Waals surface area contributed by atoms with Gasteiger partial charge >= 0.3 is 0 Å². The molecule has 0 unspecified atom stereocenters. The predicted octanol–water partition coefficient (Wildman–Crippen LogP) is 6.77. The van der Waals surface area contributed by atoms with Crippen molar-refractivity contribution >= 4 is 52.2 Å². The number of amides is 1. The number of methoxy groups -OCH3 is 1. The summed E-state index contributed by atoms with van der Waals surface area (Å²) in [5, 5.41) is 3.91. The van der Waals surface area contributed by atoms with Crippen LogP contribution >= 0.6 is 34.5 Å². The lowest BCUT2D eigenvalue weighted by atomic mass is 9.95. The zero-order valence-corrected chi connectivity index (χ0v) is 26.6. The number of benzene rings is 4. The van der Waals surface area contributed by atoms with Crippen LogP contribution in [0.4, 0.5) is 5.69 Å². The third-order valence-corrected chi connectivity index (χ3v) is 8.97. The quantitative estimate of drug-likeness (QED) is 0.200. The molecule has 10 heteroatoms. The van der Waals surface area contributed by atoms with E-state index in [-0.39, 0.29) is 11.5 Å². The lowest BCUT2D eigenvalue weighted by Gasteiger charge is -2.25. The van der Waals surface area contributed by atoms with Crippen molar-refractivity contribution in [2.45, 2.75) is 19.6 Å². The van der Waals surface area contributed by atoms with Crippen LogP contribution < -0.4 is 29.7 Å². The smallest absolute Gasteiger partial charge is 0.271 e. The molecule has 0 aliphatic carbocycles. The Morgan fingerprint density at radius 1 is 0.956 bits per heavy atom. The van der Waals surface area contributed by atoms with Crippen molar-refractivity contribution in [2.75, 3.05) is 12.4 Å². The number of halogens is 2. The highest BCUT2D eigenvalue weighted by molar-refractivity contribution is 7.07. The number of ether oxygens (including phenoxy) is 2. The van der Waals surface area contributed by atoms with Crippen LogP contribution in [0.25, 0.3) is 6.08 Å². The fraction of sp³-hybridized carbons (Fsp3) is 0.114. The largest absolute Gasteiger partial charge is 0.497 e. The van der Waals surface area contributed by atoms with E-state index in [1.165, 1.54) is 11.3 Å². The van der Waals surface area contributed by atoms with E-state index in [9.17, 15) is 9.59 Å². The average Bonchev–Trinajstić information content (AvgIpc) is 3.35. The summed E-state index contributed by atoms with van der Waals surface area (Å²) in [4.78, 5) is 33.1. The molecule has 7 nitrogen and oxygen atoms in total. The number of carbonyl (C=O) groups excluding carboxylic acids is 1. The monoisotopic (exact) mass is 655 g/mol. The summed E-state index contributed by atoms with van der Waals surface area (Å²) in [6.07, 6.45) is 1.81. The molecule has 6 rings (SSSR count). The Labute approximate surface area is 273 Å². The summed E-state index contributed by atoms with van der Waals surface area (Å²) in [5.41, 5.74) is 3.68. The Morgan fingerprint density at radius 3 is 2.51 bits per heavy atom. The number of fused-ring (bicyclic) bond motifs is 1. The van der Waals surface area contributed by atoms with Gasteiger partial charge in [0.25, 0.3) is 11.5 Å². The first kappa shape index (κ1) is 30.4. The van der Waals surface area contributed by atoms with Crippen LogP contribution in [0.15, 0.2) is 118 Å². The maximum Gasteiger partial charge on any atom is 0.271 e. The molecule has 1 amide bonds. The number of nitrogens with zero attached hydrogens (tertiary/aromatic N) is 2. The van der Waals surface area contributed by atoms with Crippen molar-refractivity contribution in [1.29, 1.82) is 0 Å². The van der Waals surface area contributed by atoms with Gasteiger partial charge in [-0.1, -0.05) is 83.1 Å². The number of anilines is 1. The number of carbonyl (C=O) groups is 1. The molecular formula is C35H27Cl2N3O4S. The standard InChI is InChI=1S/C35H27Cl2N3O4S/c1-21-31(33(41)39-25-10-4-3-5-11-25)32(24-9-7-12-26(19-24)43-2)40-34(42)30(45-35(40)38-21)18-22-8-6-13-27(16-22)44-20-23-14-15-28(36)29(37)17-23/h3-19,32H,20H2,1-2H3,(H,39,41)/b30-18+/t32-/m1/s1. The van der Waals surface area contributed by atoms with E-state index in [0.29, 0.717) is 54.4 Å². The maximum absolute atomic E-state index is 14.1. The lowest BCUT2D eigenvalue weighted by molar-refractivity contribution is -0.113. The molecule has 2 heterocycles. The number of hydrogen-bond acceptors (Lipinski definition) is 6. The molecule has 1 N–H and O–H groups in total. The SMILES string of the molecule is COc1cccc([C@@H]2C(C(=O)Nc3ccccc3)=C(C)N=c3s/c(=C/c4cccc(OCc5ccc(Cl)c(Cl)c5)c4)c(=O)n32)c1. The third kappa shape index (κ3) is 6.59. The Kier molecular flexibility index (Phi) is 8.89. The summed E-state index contributed by atoms with van der Waals surface area (Å²) in [7, 11) is 1.58. The molecule has 0 fully saturated rings. The molecule has 45 heavy (non-hydrogen) atoms. The van der Waals surface area contributed by atoms with Crippen LogP contribution in [0, 0.1) is 0 Å². The topological polar surface area (TPSA) is 81.9 Å². The highest BCUT2D eigenvalue weighted by Gasteiger charge is 2.32. The molecule has 1 atom stereocenters. The van der Waals surface area contributed by atoms with Crippen molar-refractivity contribution in [1.82, 2.24) is 4.57 Å². The van der Waals surface area contributed by atoms with Crippen molar-refractivity contribution in [3.8, 4) is 11.5 Å². The third-order valence-electron chi connectivity index (χ3n) is 7.25. The predicted molar refractivity (Wildman–Crippen MR) is 179 cm³/mol. The minimum atomic E-state index is -0.719. The van der Waals surface area contributed by atoms with Crippen molar-refractivity contribution in [3.63, 3.8) is 0 Å². The molecule has 0 saturated carbocycles. The second-order valence-corrected chi connectivity index (χ2v) is 12.1. The average molecular weight is 657 g/mol. The molecule has 0 bridgehead atoms. The molecule has 1 aromatic heterocycles. The van der Waals surface area contributed by atoms with Gasteiger partial charge in [0.15, 0.2) is 4.80 Å². The molecule has 5 aromatic rings. The van der Waals surface area contributed by atoms with E-state index < -0.39 is 6.04 Å². The van der Waals surface area contributed by atoms with Gasteiger partial charge in [-0.3, -0.25) is 14.2 Å². The summed E-state index contributed by atoms with van der Waals surface area (Å²) in [6.45, 7) is 2.09. The van der Waals surface area contributed by atoms with Gasteiger partial charge in [0, 0.05) is 5.69 Å². The van der Waals surface area contributed by atoms with Gasteiger partial charge < -0.3 is 14.8 Å². The minimum absolute atomic E-state index is 0.258. The number of rotatable bonds is 8. The van der Waals surface area contributed by atoms with Crippen LogP contribution in [0.2, 0.25) is 10.0 Å². The van der Waals surface area contributed by atoms with Gasteiger partial charge in [0.1, 0.15) is 18.1 Å². The number of nitrogens with one attached hydrogen (secondary N) is 1. The first-order valence-corrected chi connectivity index (χ1v) is 15.6. The number of allylic oxidation sites excluding steroid dienone is 1. The fourth-order valence-corrected chi connectivity index (χ4v) is 6.47. The number of hydrogen-bond donors (Lipinski definition) is 1. The molecule has 0 saturated heterocycles. The van der Waals surface area contributed by atoms with Crippen LogP contribution in [0.5, 0.6) is 11.5 Å². The lowest BCUT2D eigenvalue weighted by Crippen LogP contribution is -2.40. The van der Waals surface area contributed by atoms with Gasteiger partial charge in [-0.25, -0.2) is 4.99 Å². The van der Waals surface area contributed by atoms with Gasteiger partial charge in [-0.2, -0.15) is 0 Å². The number of para-hydroxylation sites is 1. The van der Waals surface area contributed by atoms with Gasteiger partial charge in [-0.05, 0) is 78.2 Å². The zero-order valence-electron chi connectivity index (χ0n) is 24.3. The van der Waals surface area contributed by atoms with E-state index >= 15 is 0 Å². The van der Waals surface area contributed by atoms with Crippen LogP contribution in [-0.2, 0) is 11.4 Å². The van der Waals surface area contributed by atoms with Crippen LogP contribution in [0.3, 0.4) is 0 Å². The Bertz CT molecular complexity index is 2120. The Morgan fingerprint density at radius 2 is 1.73 bits per heavy atom. The minimum Gasteiger partial charge on any atom is -0.497 e. The highest BCUT2D eigenvalue weighted by Crippen LogP contribution is 2.32. The number of thiazole rings is 1. The summed E-state index contributed by atoms with van der Waals surface area (Å²) in [6, 6.07) is 28.7. The van der Waals surface area contributed by atoms with Gasteiger partial charge in [0.05, 0.1) is 39.0 Å². The first-order valence-electron chi connectivity index (χ1n) is 14.0. The molecule has 4 aromatic carbocycles. The van der Waals surface area contributed by atoms with Crippen LogP contribution in [-0.4, -0.2) is 17.6 Å². The summed E-state index contributed by atoms with van der Waals surface area (Å²) in [5.74, 6) is 0.911. The molecule has 1 aliphatic rings. The van der Waals surface area contributed by atoms with E-state index in [1.54, 1.807) is 30.7 Å². The highest BCUT2D eigenvalue weighted by atomic mass is 35.5. The van der Waals surface area contributed by atoms with Crippen molar-refractivity contribution < 1.29 is 14.3 Å². The van der Waals surface area contributed by atoms with E-state index in [4.69, 9.17) is 37.7 Å². The van der Waals surface area contributed by atoms with E-state index in [0.717, 1.165) is 16.7 Å². The molecule has 226 valence electrons. The van der Waals surface area contributed by atoms with Gasteiger partial charge in [0.2, 0.25) is 0 Å². The van der Waals surface area contributed by atoms with Crippen molar-refractivity contribution in [3.05, 3.63) is 155 Å². The molecule has 1 aliphatic heterocycles. The number of aromatic nitrogens is 1.